The van der Waals surface area contributed by atoms with Gasteiger partial charge in [0.25, 0.3) is 0 Å². The first-order valence-electron chi connectivity index (χ1n) is 3.87. The summed E-state index contributed by atoms with van der Waals surface area (Å²) >= 11 is 0. The van der Waals surface area contributed by atoms with Crippen molar-refractivity contribution >= 4 is 5.78 Å². The number of rotatable bonds is 3. The van der Waals surface area contributed by atoms with Crippen LogP contribution in [0.4, 0.5) is 0 Å². The first-order chi connectivity index (χ1) is 5.65. The Hall–Kier alpha value is -1.38. The molecule has 3 nitrogen and oxygen atoms in total. The molecule has 1 aromatic heterocycles. The Bertz CT molecular complexity index is 312. The van der Waals surface area contributed by atoms with Crippen LogP contribution in [-0.4, -0.2) is 15.3 Å². The van der Waals surface area contributed by atoms with Crippen LogP contribution in [-0.2, 0) is 6.54 Å². The summed E-state index contributed by atoms with van der Waals surface area (Å²) in [6, 6.07) is 0. The van der Waals surface area contributed by atoms with E-state index in [9.17, 15) is 4.79 Å². The minimum Gasteiger partial charge on any atom is -0.337 e. The molecule has 0 spiro atoms. The average Bonchev–Trinajstić information content (AvgIpc) is 2.50. The maximum atomic E-state index is 11.3. The molecule has 0 N–H and O–H groups in total. The van der Waals surface area contributed by atoms with Gasteiger partial charge in [-0.25, -0.2) is 4.98 Å². The van der Waals surface area contributed by atoms with E-state index in [-0.39, 0.29) is 5.78 Å². The van der Waals surface area contributed by atoms with Crippen molar-refractivity contribution in [2.75, 3.05) is 0 Å². The van der Waals surface area contributed by atoms with Crippen LogP contribution >= 0.6 is 0 Å². The van der Waals surface area contributed by atoms with Crippen molar-refractivity contribution in [1.82, 2.24) is 9.55 Å². The summed E-state index contributed by atoms with van der Waals surface area (Å²) in [6.07, 6.45) is 3.38. The van der Waals surface area contributed by atoms with Gasteiger partial charge in [0, 0.05) is 12.7 Å². The van der Waals surface area contributed by atoms with Crippen molar-refractivity contribution < 1.29 is 4.79 Å². The smallest absolute Gasteiger partial charge is 0.208 e. The van der Waals surface area contributed by atoms with Gasteiger partial charge in [0.15, 0.2) is 0 Å². The lowest BCUT2D eigenvalue weighted by molar-refractivity contribution is 0.103. The summed E-state index contributed by atoms with van der Waals surface area (Å²) in [5.74, 6) is -0.0813. The standard InChI is InChI=1S/C9H12N2O/c1-4-11-5-8(10-6-11)9(12)7(2)3/h5-6H,2,4H2,1,3H3. The lowest BCUT2D eigenvalue weighted by atomic mass is 10.2. The van der Waals surface area contributed by atoms with E-state index in [0.29, 0.717) is 11.3 Å². The van der Waals surface area contributed by atoms with Gasteiger partial charge in [0.1, 0.15) is 5.69 Å². The molecule has 0 aliphatic heterocycles. The zero-order valence-corrected chi connectivity index (χ0v) is 7.37. The van der Waals surface area contributed by atoms with Gasteiger partial charge < -0.3 is 4.57 Å². The molecule has 0 fully saturated rings. The minimum absolute atomic E-state index is 0.0813. The molecule has 1 rings (SSSR count). The largest absolute Gasteiger partial charge is 0.337 e. The number of imidazole rings is 1. The van der Waals surface area contributed by atoms with Crippen LogP contribution in [0.15, 0.2) is 24.7 Å². The van der Waals surface area contributed by atoms with Gasteiger partial charge in [-0.05, 0) is 19.4 Å². The highest BCUT2D eigenvalue weighted by molar-refractivity contribution is 6.06. The number of aryl methyl sites for hydroxylation is 1. The Labute approximate surface area is 71.7 Å². The minimum atomic E-state index is -0.0813. The molecule has 0 saturated heterocycles. The Morgan fingerprint density at radius 1 is 1.75 bits per heavy atom. The van der Waals surface area contributed by atoms with Crippen molar-refractivity contribution in [3.05, 3.63) is 30.4 Å². The Morgan fingerprint density at radius 2 is 2.42 bits per heavy atom. The van der Waals surface area contributed by atoms with E-state index in [0.717, 1.165) is 6.54 Å². The molecule has 0 saturated carbocycles. The zero-order valence-electron chi connectivity index (χ0n) is 7.37. The highest BCUT2D eigenvalue weighted by atomic mass is 16.1. The van der Waals surface area contributed by atoms with Gasteiger partial charge in [-0.1, -0.05) is 6.58 Å². The Morgan fingerprint density at radius 3 is 2.83 bits per heavy atom. The van der Waals surface area contributed by atoms with Crippen LogP contribution in [0.1, 0.15) is 24.3 Å². The van der Waals surface area contributed by atoms with Crippen molar-refractivity contribution in [2.24, 2.45) is 0 Å². The molecule has 64 valence electrons. The summed E-state index contributed by atoms with van der Waals surface area (Å²) in [6.45, 7) is 8.08. The average molecular weight is 164 g/mol. The Kier molecular flexibility index (Phi) is 2.43. The normalized spacial score (nSPS) is 9.83. The third-order valence-corrected chi connectivity index (χ3v) is 1.62. The van der Waals surface area contributed by atoms with Gasteiger partial charge in [0.05, 0.1) is 6.33 Å². The van der Waals surface area contributed by atoms with Crippen LogP contribution in [0.2, 0.25) is 0 Å². The third kappa shape index (κ3) is 1.61. The molecule has 3 heteroatoms. The predicted molar refractivity (Wildman–Crippen MR) is 47.0 cm³/mol. The van der Waals surface area contributed by atoms with Crippen molar-refractivity contribution in [3.63, 3.8) is 0 Å². The quantitative estimate of drug-likeness (QED) is 0.503. The molecule has 0 radical (unpaired) electrons. The number of hydrogen-bond donors (Lipinski definition) is 0. The van der Waals surface area contributed by atoms with Crippen LogP contribution in [0.3, 0.4) is 0 Å². The number of nitrogens with zero attached hydrogens (tertiary/aromatic N) is 2. The number of carbonyl (C=O) groups is 1. The number of hydrogen-bond acceptors (Lipinski definition) is 2. The highest BCUT2D eigenvalue weighted by Gasteiger charge is 2.08. The summed E-state index contributed by atoms with van der Waals surface area (Å²) < 4.78 is 1.86. The maximum absolute atomic E-state index is 11.3. The number of Topliss-reactive ketones (excluding diaryl/α,β-unsaturated/α-hetero) is 1. The molecule has 0 unspecified atom stereocenters. The first-order valence-corrected chi connectivity index (χ1v) is 3.87. The molecule has 0 aliphatic rings. The number of ketones is 1. The topological polar surface area (TPSA) is 34.9 Å². The lowest BCUT2D eigenvalue weighted by Gasteiger charge is -1.92. The van der Waals surface area contributed by atoms with Crippen LogP contribution in [0.5, 0.6) is 0 Å². The number of carbonyl (C=O) groups excluding carboxylic acids is 1. The van der Waals surface area contributed by atoms with E-state index < -0.39 is 0 Å². The molecule has 0 aromatic carbocycles. The van der Waals surface area contributed by atoms with Gasteiger partial charge in [-0.15, -0.1) is 0 Å². The van der Waals surface area contributed by atoms with Gasteiger partial charge in [-0.2, -0.15) is 0 Å². The van der Waals surface area contributed by atoms with E-state index in [1.165, 1.54) is 0 Å². The van der Waals surface area contributed by atoms with Crippen molar-refractivity contribution in [1.29, 1.82) is 0 Å². The monoisotopic (exact) mass is 164 g/mol. The van der Waals surface area contributed by atoms with E-state index in [1.807, 2.05) is 11.5 Å². The van der Waals surface area contributed by atoms with Gasteiger partial charge in [-0.3, -0.25) is 4.79 Å². The van der Waals surface area contributed by atoms with E-state index >= 15 is 0 Å². The number of allylic oxidation sites excluding steroid dienone is 1. The summed E-state index contributed by atoms with van der Waals surface area (Å²) in [5, 5.41) is 0. The first kappa shape index (κ1) is 8.71. The van der Waals surface area contributed by atoms with E-state index in [1.54, 1.807) is 19.4 Å². The summed E-state index contributed by atoms with van der Waals surface area (Å²) in [5.41, 5.74) is 1.00. The Balaban J connectivity index is 2.89. The molecule has 1 aromatic rings. The van der Waals surface area contributed by atoms with Gasteiger partial charge >= 0.3 is 0 Å². The fourth-order valence-corrected chi connectivity index (χ4v) is 0.869. The van der Waals surface area contributed by atoms with Crippen LogP contribution < -0.4 is 0 Å². The molecule has 1 heterocycles. The number of aromatic nitrogens is 2. The molecule has 0 atom stereocenters. The highest BCUT2D eigenvalue weighted by Crippen LogP contribution is 2.03. The van der Waals surface area contributed by atoms with Crippen LogP contribution in [0, 0.1) is 0 Å². The molecule has 0 bridgehead atoms. The van der Waals surface area contributed by atoms with Crippen molar-refractivity contribution in [3.8, 4) is 0 Å². The third-order valence-electron chi connectivity index (χ3n) is 1.62. The predicted octanol–water partition coefficient (Wildman–Crippen LogP) is 1.66. The van der Waals surface area contributed by atoms with Gasteiger partial charge in [0.2, 0.25) is 5.78 Å². The second-order valence-electron chi connectivity index (χ2n) is 2.70. The van der Waals surface area contributed by atoms with E-state index in [4.69, 9.17) is 0 Å². The maximum Gasteiger partial charge on any atom is 0.208 e. The second kappa shape index (κ2) is 3.34. The van der Waals surface area contributed by atoms with Crippen LogP contribution in [0.25, 0.3) is 0 Å². The summed E-state index contributed by atoms with van der Waals surface area (Å²) in [7, 11) is 0. The lowest BCUT2D eigenvalue weighted by Crippen LogP contribution is -1.99. The fraction of sp³-hybridized carbons (Fsp3) is 0.333. The fourth-order valence-electron chi connectivity index (χ4n) is 0.869. The SMILES string of the molecule is C=C(C)C(=O)c1cn(CC)cn1. The molecular weight excluding hydrogens is 152 g/mol. The molecule has 0 aliphatic carbocycles. The zero-order chi connectivity index (χ0) is 9.14. The summed E-state index contributed by atoms with van der Waals surface area (Å²) in [4.78, 5) is 15.3. The van der Waals surface area contributed by atoms with E-state index in [2.05, 4.69) is 11.6 Å². The molecule has 0 amide bonds. The van der Waals surface area contributed by atoms with Crippen molar-refractivity contribution in [2.45, 2.75) is 20.4 Å². The molecule has 12 heavy (non-hydrogen) atoms. The second-order valence-corrected chi connectivity index (χ2v) is 2.70. The molecular formula is C9H12N2O.